The van der Waals surface area contributed by atoms with Gasteiger partial charge in [-0.05, 0) is 63.7 Å². The fourth-order valence-corrected chi connectivity index (χ4v) is 6.36. The average Bonchev–Trinajstić information content (AvgIpc) is 2.62. The highest BCUT2D eigenvalue weighted by Gasteiger charge is 2.41. The van der Waals surface area contributed by atoms with Gasteiger partial charge in [-0.15, -0.1) is 0 Å². The molecule has 0 aromatic heterocycles. The molecule has 6 fully saturated rings. The molecule has 4 unspecified atom stereocenters. The number of phosphoric acid groups is 2. The standard InChI is InChI=1S/C14H27BN2O8P2/c18-26(19,22-13-9-16-5-1-11(13)2-6-16)24-15-25-27(20,21)23-14-10-17-7-3-12(14)4-8-17/h11-15H,1-10H2,(H,18,19)(H,20,21). The highest BCUT2D eigenvalue weighted by atomic mass is 31.2. The summed E-state index contributed by atoms with van der Waals surface area (Å²) in [6.45, 7) is 5.12. The van der Waals surface area contributed by atoms with Crippen molar-refractivity contribution >= 4 is 23.3 Å². The number of hydrogen-bond donors (Lipinski definition) is 2. The maximum absolute atomic E-state index is 12.1. The minimum Gasteiger partial charge on any atom is -0.321 e. The van der Waals surface area contributed by atoms with E-state index in [1.807, 2.05) is 0 Å². The smallest absolute Gasteiger partial charge is 0.321 e. The minimum absolute atomic E-state index is 0.240. The molecule has 4 bridgehead atoms. The van der Waals surface area contributed by atoms with Crippen molar-refractivity contribution in [2.45, 2.75) is 37.9 Å². The zero-order chi connectivity index (χ0) is 19.1. The molecule has 6 saturated heterocycles. The predicted molar refractivity (Wildman–Crippen MR) is 97.0 cm³/mol. The van der Waals surface area contributed by atoms with Gasteiger partial charge in [0.15, 0.2) is 0 Å². The SMILES string of the molecule is O=P(O)(OBOP(=O)(O)OC1CN2CCC1CC2)OC1CN2CCC1CC2. The molecule has 0 amide bonds. The van der Waals surface area contributed by atoms with Gasteiger partial charge >= 0.3 is 23.3 Å². The van der Waals surface area contributed by atoms with Crippen LogP contribution in [0.5, 0.6) is 0 Å². The molecule has 0 aromatic rings. The normalized spacial score (nSPS) is 42.4. The Hall–Kier alpha value is 0.205. The third kappa shape index (κ3) is 5.23. The van der Waals surface area contributed by atoms with Crippen molar-refractivity contribution in [3.63, 3.8) is 0 Å². The summed E-state index contributed by atoms with van der Waals surface area (Å²) in [5.74, 6) is 0.480. The van der Waals surface area contributed by atoms with Crippen LogP contribution in [0.3, 0.4) is 0 Å². The van der Waals surface area contributed by atoms with Gasteiger partial charge in [0, 0.05) is 13.1 Å². The van der Waals surface area contributed by atoms with E-state index in [1.165, 1.54) is 0 Å². The van der Waals surface area contributed by atoms with Crippen molar-refractivity contribution in [3.8, 4) is 0 Å². The van der Waals surface area contributed by atoms with Crippen LogP contribution in [0.15, 0.2) is 0 Å². The topological polar surface area (TPSA) is 118 Å². The molecular formula is C14H27BN2O8P2. The van der Waals surface area contributed by atoms with Crippen LogP contribution in [0, 0.1) is 11.8 Å². The van der Waals surface area contributed by atoms with E-state index in [0.717, 1.165) is 51.9 Å². The summed E-state index contributed by atoms with van der Waals surface area (Å²) in [6, 6.07) is 0. The summed E-state index contributed by atoms with van der Waals surface area (Å²) in [4.78, 5) is 24.2. The minimum atomic E-state index is -4.38. The van der Waals surface area contributed by atoms with Crippen LogP contribution in [0.25, 0.3) is 0 Å². The molecule has 0 spiro atoms. The third-order valence-electron chi connectivity index (χ3n) is 6.16. The van der Waals surface area contributed by atoms with Gasteiger partial charge in [0.05, 0.1) is 12.2 Å². The van der Waals surface area contributed by atoms with Crippen molar-refractivity contribution < 1.29 is 36.8 Å². The first-order chi connectivity index (χ1) is 12.8. The first kappa shape index (κ1) is 20.5. The maximum atomic E-state index is 12.1. The first-order valence-corrected chi connectivity index (χ1v) is 12.5. The summed E-state index contributed by atoms with van der Waals surface area (Å²) in [5, 5.41) is 0. The van der Waals surface area contributed by atoms with Gasteiger partial charge < -0.3 is 28.5 Å². The van der Waals surface area contributed by atoms with Gasteiger partial charge in [-0.2, -0.15) is 0 Å². The molecule has 4 atom stereocenters. The molecule has 27 heavy (non-hydrogen) atoms. The summed E-state index contributed by atoms with van der Waals surface area (Å²) in [5.41, 5.74) is 0. The molecule has 0 aliphatic carbocycles. The lowest BCUT2D eigenvalue weighted by molar-refractivity contribution is -0.0233. The zero-order valence-corrected chi connectivity index (χ0v) is 17.0. The van der Waals surface area contributed by atoms with Crippen LogP contribution < -0.4 is 0 Å². The van der Waals surface area contributed by atoms with Gasteiger partial charge in [-0.3, -0.25) is 9.05 Å². The molecule has 0 aromatic carbocycles. The van der Waals surface area contributed by atoms with Gasteiger partial charge in [0.1, 0.15) is 0 Å². The van der Waals surface area contributed by atoms with Crippen molar-refractivity contribution in [2.24, 2.45) is 11.8 Å². The van der Waals surface area contributed by atoms with E-state index >= 15 is 0 Å². The Labute approximate surface area is 159 Å². The lowest BCUT2D eigenvalue weighted by Gasteiger charge is -2.44. The van der Waals surface area contributed by atoms with Gasteiger partial charge in [-0.25, -0.2) is 9.13 Å². The Morgan fingerprint density at radius 2 is 1.11 bits per heavy atom. The van der Waals surface area contributed by atoms with Gasteiger partial charge in [-0.1, -0.05) is 0 Å². The molecule has 0 radical (unpaired) electrons. The predicted octanol–water partition coefficient (Wildman–Crippen LogP) is 0.708. The van der Waals surface area contributed by atoms with Crippen molar-refractivity contribution in [1.29, 1.82) is 0 Å². The van der Waals surface area contributed by atoms with Crippen LogP contribution in [0.4, 0.5) is 0 Å². The number of rotatable bonds is 8. The van der Waals surface area contributed by atoms with Gasteiger partial charge in [0.2, 0.25) is 0 Å². The maximum Gasteiger partial charge on any atom is 0.460 e. The Kier molecular flexibility index (Phi) is 6.18. The second-order valence-electron chi connectivity index (χ2n) is 7.88. The molecule has 6 heterocycles. The second kappa shape index (κ2) is 8.15. The molecule has 6 aliphatic rings. The summed E-state index contributed by atoms with van der Waals surface area (Å²) in [7, 11) is -9.60. The lowest BCUT2D eigenvalue weighted by atomic mass is 9.86. The highest BCUT2D eigenvalue weighted by Crippen LogP contribution is 2.51. The number of phosphoric ester groups is 2. The van der Waals surface area contributed by atoms with Crippen LogP contribution in [-0.2, 0) is 27.1 Å². The molecule has 2 N–H and O–H groups in total. The number of nitrogens with zero attached hydrogens (tertiary/aromatic N) is 2. The summed E-state index contributed by atoms with van der Waals surface area (Å²) < 4.78 is 44.3. The molecule has 10 nitrogen and oxygen atoms in total. The fourth-order valence-electron chi connectivity index (χ4n) is 4.62. The molecule has 13 heteroatoms. The van der Waals surface area contributed by atoms with E-state index < -0.39 is 23.3 Å². The average molecular weight is 424 g/mol. The summed E-state index contributed by atoms with van der Waals surface area (Å²) >= 11 is 0. The summed E-state index contributed by atoms with van der Waals surface area (Å²) in [6.07, 6.45) is 2.99. The van der Waals surface area contributed by atoms with Crippen molar-refractivity contribution in [1.82, 2.24) is 9.80 Å². The van der Waals surface area contributed by atoms with Crippen LogP contribution in [-0.4, -0.2) is 78.7 Å². The van der Waals surface area contributed by atoms with Crippen LogP contribution in [0.1, 0.15) is 25.7 Å². The first-order valence-electron chi connectivity index (χ1n) is 9.56. The van der Waals surface area contributed by atoms with E-state index in [2.05, 4.69) is 9.80 Å². The van der Waals surface area contributed by atoms with Crippen molar-refractivity contribution in [3.05, 3.63) is 0 Å². The second-order valence-corrected chi connectivity index (χ2v) is 10.7. The number of fused-ring (bicyclic) bond motifs is 6. The number of hydrogen-bond acceptors (Lipinski definition) is 8. The van der Waals surface area contributed by atoms with Crippen molar-refractivity contribution in [2.75, 3.05) is 39.3 Å². The molecule has 0 saturated carbocycles. The molecule has 154 valence electrons. The Balaban J connectivity index is 1.22. The van der Waals surface area contributed by atoms with E-state index in [9.17, 15) is 18.9 Å². The van der Waals surface area contributed by atoms with E-state index in [1.54, 1.807) is 0 Å². The fraction of sp³-hybridized carbons (Fsp3) is 1.00. The largest absolute Gasteiger partial charge is 0.460 e. The van der Waals surface area contributed by atoms with Gasteiger partial charge in [0.25, 0.3) is 0 Å². The van der Waals surface area contributed by atoms with E-state index in [0.29, 0.717) is 13.1 Å². The quantitative estimate of drug-likeness (QED) is 0.426. The van der Waals surface area contributed by atoms with Crippen LogP contribution in [0.2, 0.25) is 0 Å². The zero-order valence-electron chi connectivity index (χ0n) is 15.2. The molecular weight excluding hydrogens is 397 g/mol. The van der Waals surface area contributed by atoms with E-state index in [4.69, 9.17) is 17.9 Å². The highest BCUT2D eigenvalue weighted by molar-refractivity contribution is 7.50. The van der Waals surface area contributed by atoms with Crippen LogP contribution >= 0.6 is 15.6 Å². The monoisotopic (exact) mass is 424 g/mol. The Bertz CT molecular complexity index is 574. The third-order valence-corrected chi connectivity index (χ3v) is 8.10. The molecule has 6 rings (SSSR count). The Morgan fingerprint density at radius 3 is 1.41 bits per heavy atom. The Morgan fingerprint density at radius 1 is 0.741 bits per heavy atom. The lowest BCUT2D eigenvalue weighted by Crippen LogP contribution is -2.51. The molecule has 6 aliphatic heterocycles. The number of piperidine rings is 6. The van der Waals surface area contributed by atoms with E-state index in [-0.39, 0.29) is 24.0 Å².